The van der Waals surface area contributed by atoms with E-state index in [2.05, 4.69) is 0 Å². The fourth-order valence-corrected chi connectivity index (χ4v) is 4.82. The van der Waals surface area contributed by atoms with E-state index >= 15 is 0 Å². The largest absolute Gasteiger partial charge is 0.342 e. The van der Waals surface area contributed by atoms with Gasteiger partial charge in [-0.05, 0) is 56.5 Å². The number of rotatable bonds is 5. The molecule has 2 aliphatic rings. The molecule has 2 aromatic rings. The van der Waals surface area contributed by atoms with E-state index in [1.807, 2.05) is 78.2 Å². The summed E-state index contributed by atoms with van der Waals surface area (Å²) in [6.07, 6.45) is 1.58. The molecule has 2 heterocycles. The molecular weight excluding hydrogens is 402 g/mol. The fourth-order valence-electron chi connectivity index (χ4n) is 4.82. The molecule has 0 N–H and O–H groups in total. The minimum atomic E-state index is -0.311. The van der Waals surface area contributed by atoms with Crippen LogP contribution in [0.25, 0.3) is 0 Å². The molecular formula is C26H31N3O3. The Hall–Kier alpha value is -3.15. The van der Waals surface area contributed by atoms with E-state index in [-0.39, 0.29) is 36.0 Å². The molecule has 0 spiro atoms. The van der Waals surface area contributed by atoms with Crippen molar-refractivity contribution in [1.29, 1.82) is 0 Å². The maximum atomic E-state index is 13.2. The molecule has 0 aromatic heterocycles. The highest BCUT2D eigenvalue weighted by molar-refractivity contribution is 6.00. The molecule has 2 saturated heterocycles. The molecule has 2 fully saturated rings. The van der Waals surface area contributed by atoms with Crippen LogP contribution >= 0.6 is 0 Å². The normalized spacial score (nSPS) is 19.3. The van der Waals surface area contributed by atoms with Crippen LogP contribution in [0, 0.1) is 18.8 Å². The Morgan fingerprint density at radius 3 is 2.38 bits per heavy atom. The number of carbonyl (C=O) groups is 3. The lowest BCUT2D eigenvalue weighted by Crippen LogP contribution is -2.46. The summed E-state index contributed by atoms with van der Waals surface area (Å²) in [7, 11) is 0. The number of benzene rings is 2. The molecule has 4 rings (SSSR count). The number of amides is 3. The van der Waals surface area contributed by atoms with E-state index in [1.54, 1.807) is 4.90 Å². The van der Waals surface area contributed by atoms with E-state index < -0.39 is 0 Å². The molecule has 0 bridgehead atoms. The smallest absolute Gasteiger partial charge is 0.230 e. The van der Waals surface area contributed by atoms with Crippen LogP contribution in [0.2, 0.25) is 0 Å². The number of carbonyl (C=O) groups excluding carboxylic acids is 3. The molecule has 0 radical (unpaired) electrons. The Labute approximate surface area is 189 Å². The molecule has 3 amide bonds. The van der Waals surface area contributed by atoms with Gasteiger partial charge in [-0.3, -0.25) is 14.4 Å². The van der Waals surface area contributed by atoms with Crippen LogP contribution in [-0.2, 0) is 14.4 Å². The number of aryl methyl sites for hydroxylation is 1. The van der Waals surface area contributed by atoms with Crippen molar-refractivity contribution in [2.45, 2.75) is 33.1 Å². The molecule has 1 unspecified atom stereocenters. The zero-order chi connectivity index (χ0) is 22.7. The first-order chi connectivity index (χ1) is 15.5. The van der Waals surface area contributed by atoms with Crippen molar-refractivity contribution in [2.24, 2.45) is 11.8 Å². The first kappa shape index (κ1) is 22.1. The lowest BCUT2D eigenvalue weighted by atomic mass is 9.93. The minimum absolute atomic E-state index is 0.00337. The van der Waals surface area contributed by atoms with Gasteiger partial charge in [-0.25, -0.2) is 0 Å². The van der Waals surface area contributed by atoms with Gasteiger partial charge in [0, 0.05) is 49.9 Å². The summed E-state index contributed by atoms with van der Waals surface area (Å²) >= 11 is 0. The van der Waals surface area contributed by atoms with Crippen molar-refractivity contribution >= 4 is 29.1 Å². The van der Waals surface area contributed by atoms with Crippen molar-refractivity contribution in [3.05, 3.63) is 60.2 Å². The number of nitrogens with zero attached hydrogens (tertiary/aromatic N) is 3. The average Bonchev–Trinajstić information content (AvgIpc) is 3.21. The van der Waals surface area contributed by atoms with E-state index in [4.69, 9.17) is 0 Å². The summed E-state index contributed by atoms with van der Waals surface area (Å²) in [5.74, 6) is -0.221. The SMILES string of the molecule is CCN(C(=O)C1CCN(C(=O)C2CC(=O)N(c3ccccc3)C2)CC1)c1cccc(C)c1. The third kappa shape index (κ3) is 4.54. The summed E-state index contributed by atoms with van der Waals surface area (Å²) in [6, 6.07) is 17.5. The quantitative estimate of drug-likeness (QED) is 0.723. The van der Waals surface area contributed by atoms with E-state index in [0.29, 0.717) is 39.0 Å². The Morgan fingerprint density at radius 1 is 1.00 bits per heavy atom. The number of para-hydroxylation sites is 1. The predicted molar refractivity (Wildman–Crippen MR) is 125 cm³/mol. The lowest BCUT2D eigenvalue weighted by molar-refractivity contribution is -0.138. The second kappa shape index (κ2) is 9.55. The van der Waals surface area contributed by atoms with Gasteiger partial charge in [-0.15, -0.1) is 0 Å². The predicted octanol–water partition coefficient (Wildman–Crippen LogP) is 3.64. The molecule has 6 heteroatoms. The van der Waals surface area contributed by atoms with E-state index in [9.17, 15) is 14.4 Å². The van der Waals surface area contributed by atoms with Gasteiger partial charge in [-0.1, -0.05) is 30.3 Å². The lowest BCUT2D eigenvalue weighted by Gasteiger charge is -2.35. The van der Waals surface area contributed by atoms with Gasteiger partial charge in [-0.2, -0.15) is 0 Å². The monoisotopic (exact) mass is 433 g/mol. The second-order valence-electron chi connectivity index (χ2n) is 8.76. The van der Waals surface area contributed by atoms with E-state index in [1.165, 1.54) is 0 Å². The van der Waals surface area contributed by atoms with Crippen molar-refractivity contribution in [3.63, 3.8) is 0 Å². The van der Waals surface area contributed by atoms with Gasteiger partial charge < -0.3 is 14.7 Å². The fraction of sp³-hybridized carbons (Fsp3) is 0.423. The van der Waals surface area contributed by atoms with Crippen molar-refractivity contribution < 1.29 is 14.4 Å². The van der Waals surface area contributed by atoms with Crippen LogP contribution < -0.4 is 9.80 Å². The Kier molecular flexibility index (Phi) is 6.58. The molecule has 0 saturated carbocycles. The maximum Gasteiger partial charge on any atom is 0.230 e. The number of likely N-dealkylation sites (tertiary alicyclic amines) is 1. The number of anilines is 2. The highest BCUT2D eigenvalue weighted by atomic mass is 16.2. The first-order valence-electron chi connectivity index (χ1n) is 11.5. The van der Waals surface area contributed by atoms with Gasteiger partial charge >= 0.3 is 0 Å². The van der Waals surface area contributed by atoms with Crippen molar-refractivity contribution in [3.8, 4) is 0 Å². The molecule has 2 aliphatic heterocycles. The Balaban J connectivity index is 1.35. The molecule has 2 aromatic carbocycles. The van der Waals surface area contributed by atoms with Crippen molar-refractivity contribution in [1.82, 2.24) is 4.90 Å². The Bertz CT molecular complexity index is 983. The van der Waals surface area contributed by atoms with E-state index in [0.717, 1.165) is 16.9 Å². The zero-order valence-corrected chi connectivity index (χ0v) is 18.9. The molecule has 32 heavy (non-hydrogen) atoms. The summed E-state index contributed by atoms with van der Waals surface area (Å²) < 4.78 is 0. The van der Waals surface area contributed by atoms with Crippen LogP contribution in [0.5, 0.6) is 0 Å². The molecule has 168 valence electrons. The zero-order valence-electron chi connectivity index (χ0n) is 18.9. The summed E-state index contributed by atoms with van der Waals surface area (Å²) in [5.41, 5.74) is 2.90. The summed E-state index contributed by atoms with van der Waals surface area (Å²) in [4.78, 5) is 44.2. The molecule has 0 aliphatic carbocycles. The average molecular weight is 434 g/mol. The van der Waals surface area contributed by atoms with Gasteiger partial charge in [0.05, 0.1) is 5.92 Å². The van der Waals surface area contributed by atoms with Crippen LogP contribution in [0.15, 0.2) is 54.6 Å². The standard InChI is InChI=1S/C26H31N3O3/c1-3-28(23-11-7-8-19(2)16-23)26(32)20-12-14-27(15-13-20)25(31)21-17-24(30)29(18-21)22-9-5-4-6-10-22/h4-11,16,20-21H,3,12-15,17-18H2,1-2H3. The van der Waals surface area contributed by atoms with Crippen LogP contribution in [-0.4, -0.2) is 48.8 Å². The van der Waals surface area contributed by atoms with Crippen LogP contribution in [0.4, 0.5) is 11.4 Å². The summed E-state index contributed by atoms with van der Waals surface area (Å²) in [6.45, 7) is 6.21. The van der Waals surface area contributed by atoms with Gasteiger partial charge in [0.2, 0.25) is 17.7 Å². The van der Waals surface area contributed by atoms with Crippen LogP contribution in [0.1, 0.15) is 31.7 Å². The molecule has 1 atom stereocenters. The third-order valence-electron chi connectivity index (χ3n) is 6.59. The topological polar surface area (TPSA) is 60.9 Å². The van der Waals surface area contributed by atoms with Gasteiger partial charge in [0.1, 0.15) is 0 Å². The minimum Gasteiger partial charge on any atom is -0.342 e. The first-order valence-corrected chi connectivity index (χ1v) is 11.5. The number of hydrogen-bond acceptors (Lipinski definition) is 3. The Morgan fingerprint density at radius 2 is 1.72 bits per heavy atom. The highest BCUT2D eigenvalue weighted by Gasteiger charge is 2.39. The second-order valence-corrected chi connectivity index (χ2v) is 8.76. The molecule has 6 nitrogen and oxygen atoms in total. The van der Waals surface area contributed by atoms with Gasteiger partial charge in [0.25, 0.3) is 0 Å². The van der Waals surface area contributed by atoms with Crippen LogP contribution in [0.3, 0.4) is 0 Å². The maximum absolute atomic E-state index is 13.2. The third-order valence-corrected chi connectivity index (χ3v) is 6.59. The number of hydrogen-bond donors (Lipinski definition) is 0. The van der Waals surface area contributed by atoms with Gasteiger partial charge in [0.15, 0.2) is 0 Å². The summed E-state index contributed by atoms with van der Waals surface area (Å²) in [5, 5.41) is 0. The number of piperidine rings is 1. The highest BCUT2D eigenvalue weighted by Crippen LogP contribution is 2.29. The van der Waals surface area contributed by atoms with Crippen molar-refractivity contribution in [2.75, 3.05) is 36.0 Å².